The molecule has 0 bridgehead atoms. The van der Waals surface area contributed by atoms with Crippen molar-refractivity contribution in [2.75, 3.05) is 13.7 Å². The summed E-state index contributed by atoms with van der Waals surface area (Å²) in [7, 11) is 1.57. The fourth-order valence-corrected chi connectivity index (χ4v) is 1.62. The molecule has 0 aliphatic carbocycles. The van der Waals surface area contributed by atoms with Gasteiger partial charge in [-0.2, -0.15) is 22.5 Å². The first-order valence-corrected chi connectivity index (χ1v) is 5.98. The van der Waals surface area contributed by atoms with E-state index < -0.39 is 29.3 Å². The molecule has 1 aromatic heterocycles. The first-order valence-electron chi connectivity index (χ1n) is 5.98. The summed E-state index contributed by atoms with van der Waals surface area (Å²) >= 11 is 0. The highest BCUT2D eigenvalue weighted by Gasteiger charge is 2.22. The average Bonchev–Trinajstić information content (AvgIpc) is 2.49. The maximum atomic E-state index is 13.4. The zero-order valence-electron chi connectivity index (χ0n) is 11.0. The van der Waals surface area contributed by atoms with E-state index in [1.807, 2.05) is 0 Å². The molecule has 112 valence electrons. The Morgan fingerprint density at radius 1 is 0.952 bits per heavy atom. The lowest BCUT2D eigenvalue weighted by Gasteiger charge is -2.09. The van der Waals surface area contributed by atoms with Gasteiger partial charge in [-0.25, -0.2) is 0 Å². The molecule has 21 heavy (non-hydrogen) atoms. The number of hydrogen-bond donors (Lipinski definition) is 0. The highest BCUT2D eigenvalue weighted by atomic mass is 19.2. The number of methoxy groups -OCH3 is 1. The van der Waals surface area contributed by atoms with E-state index in [4.69, 9.17) is 9.47 Å². The Labute approximate surface area is 118 Å². The number of aromatic nitrogens is 1. The van der Waals surface area contributed by atoms with Crippen LogP contribution in [0.3, 0.4) is 0 Å². The predicted octanol–water partition coefficient (Wildman–Crippen LogP) is 3.62. The molecular formula is C14H11F4NO2. The van der Waals surface area contributed by atoms with E-state index in [-0.39, 0.29) is 5.75 Å². The Hall–Kier alpha value is -2.15. The van der Waals surface area contributed by atoms with Gasteiger partial charge in [-0.05, 0) is 24.1 Å². The molecule has 0 fully saturated rings. The lowest BCUT2D eigenvalue weighted by molar-refractivity contribution is 0.202. The Morgan fingerprint density at radius 2 is 1.52 bits per heavy atom. The van der Waals surface area contributed by atoms with Gasteiger partial charge in [-0.15, -0.1) is 0 Å². The van der Waals surface area contributed by atoms with Crippen LogP contribution in [0.2, 0.25) is 0 Å². The van der Waals surface area contributed by atoms with Crippen LogP contribution in [0.1, 0.15) is 5.56 Å². The predicted molar refractivity (Wildman–Crippen MR) is 66.2 cm³/mol. The van der Waals surface area contributed by atoms with Gasteiger partial charge in [0.05, 0.1) is 6.61 Å². The molecule has 0 spiro atoms. The van der Waals surface area contributed by atoms with Gasteiger partial charge in [0.15, 0.2) is 0 Å². The van der Waals surface area contributed by atoms with Crippen molar-refractivity contribution in [3.63, 3.8) is 0 Å². The summed E-state index contributed by atoms with van der Waals surface area (Å²) in [5.74, 6) is -8.01. The standard InChI is InChI=1S/C14H11F4NO2/c1-20-7-6-8-2-4-9(5-3-8)21-12-10(15)13(17)19-14(18)11(12)16/h2-5H,6-7H2,1H3. The third kappa shape index (κ3) is 3.49. The molecule has 0 amide bonds. The maximum absolute atomic E-state index is 13.4. The summed E-state index contributed by atoms with van der Waals surface area (Å²) in [6, 6.07) is 6.16. The van der Waals surface area contributed by atoms with Crippen molar-refractivity contribution in [2.24, 2.45) is 0 Å². The van der Waals surface area contributed by atoms with Gasteiger partial charge in [0.25, 0.3) is 11.9 Å². The number of pyridine rings is 1. The molecule has 1 aromatic carbocycles. The van der Waals surface area contributed by atoms with Crippen molar-refractivity contribution in [1.29, 1.82) is 0 Å². The topological polar surface area (TPSA) is 31.4 Å². The monoisotopic (exact) mass is 301 g/mol. The van der Waals surface area contributed by atoms with E-state index in [1.165, 1.54) is 12.1 Å². The molecule has 2 rings (SSSR count). The zero-order chi connectivity index (χ0) is 15.4. The maximum Gasteiger partial charge on any atom is 0.255 e. The van der Waals surface area contributed by atoms with Gasteiger partial charge in [-0.3, -0.25) is 0 Å². The van der Waals surface area contributed by atoms with Gasteiger partial charge in [-0.1, -0.05) is 12.1 Å². The summed E-state index contributed by atoms with van der Waals surface area (Å²) in [5, 5.41) is 0. The number of nitrogens with zero attached hydrogens (tertiary/aromatic N) is 1. The minimum absolute atomic E-state index is 0.0407. The van der Waals surface area contributed by atoms with Crippen LogP contribution in [0, 0.1) is 23.5 Å². The van der Waals surface area contributed by atoms with E-state index in [0.29, 0.717) is 13.0 Å². The second kappa shape index (κ2) is 6.53. The van der Waals surface area contributed by atoms with E-state index in [1.54, 1.807) is 19.2 Å². The Morgan fingerprint density at radius 3 is 2.05 bits per heavy atom. The second-order valence-corrected chi connectivity index (χ2v) is 4.14. The van der Waals surface area contributed by atoms with E-state index in [0.717, 1.165) is 5.56 Å². The molecule has 7 heteroatoms. The van der Waals surface area contributed by atoms with Crippen molar-refractivity contribution in [3.8, 4) is 11.5 Å². The van der Waals surface area contributed by atoms with Crippen molar-refractivity contribution in [3.05, 3.63) is 53.4 Å². The van der Waals surface area contributed by atoms with Gasteiger partial charge in [0, 0.05) is 7.11 Å². The van der Waals surface area contributed by atoms with Crippen molar-refractivity contribution < 1.29 is 27.0 Å². The summed E-state index contributed by atoms with van der Waals surface area (Å²) in [6.45, 7) is 0.518. The number of halogens is 4. The summed E-state index contributed by atoms with van der Waals surface area (Å²) in [5.41, 5.74) is 0.914. The van der Waals surface area contributed by atoms with Crippen molar-refractivity contribution in [2.45, 2.75) is 6.42 Å². The Kier molecular flexibility index (Phi) is 4.74. The molecule has 0 saturated carbocycles. The van der Waals surface area contributed by atoms with Crippen LogP contribution in [-0.2, 0) is 11.2 Å². The van der Waals surface area contributed by atoms with Crippen LogP contribution in [0.4, 0.5) is 17.6 Å². The lowest BCUT2D eigenvalue weighted by Crippen LogP contribution is -2.03. The van der Waals surface area contributed by atoms with Gasteiger partial charge in [0.1, 0.15) is 5.75 Å². The first kappa shape index (κ1) is 15.2. The molecular weight excluding hydrogens is 290 g/mol. The van der Waals surface area contributed by atoms with Crippen LogP contribution in [0.5, 0.6) is 11.5 Å². The minimum Gasteiger partial charge on any atom is -0.451 e. The molecule has 0 N–H and O–H groups in total. The molecule has 0 unspecified atom stereocenters. The van der Waals surface area contributed by atoms with Gasteiger partial charge in [0.2, 0.25) is 17.4 Å². The number of hydrogen-bond acceptors (Lipinski definition) is 3. The molecule has 0 atom stereocenters. The lowest BCUT2D eigenvalue weighted by atomic mass is 10.1. The van der Waals surface area contributed by atoms with Crippen LogP contribution in [0.15, 0.2) is 24.3 Å². The fourth-order valence-electron chi connectivity index (χ4n) is 1.62. The molecule has 1 heterocycles. The van der Waals surface area contributed by atoms with E-state index in [9.17, 15) is 17.6 Å². The van der Waals surface area contributed by atoms with Crippen LogP contribution < -0.4 is 4.74 Å². The highest BCUT2D eigenvalue weighted by Crippen LogP contribution is 2.29. The van der Waals surface area contributed by atoms with Gasteiger partial charge >= 0.3 is 0 Å². The molecule has 2 aromatic rings. The minimum atomic E-state index is -1.76. The molecule has 0 saturated heterocycles. The van der Waals surface area contributed by atoms with E-state index >= 15 is 0 Å². The molecule has 0 radical (unpaired) electrons. The van der Waals surface area contributed by atoms with Crippen LogP contribution in [-0.4, -0.2) is 18.7 Å². The van der Waals surface area contributed by atoms with Gasteiger partial charge < -0.3 is 9.47 Å². The highest BCUT2D eigenvalue weighted by molar-refractivity contribution is 5.34. The number of benzene rings is 1. The summed E-state index contributed by atoms with van der Waals surface area (Å²) in [6.07, 6.45) is 0.651. The normalized spacial score (nSPS) is 10.7. The molecule has 0 aliphatic heterocycles. The summed E-state index contributed by atoms with van der Waals surface area (Å²) in [4.78, 5) is 2.45. The summed E-state index contributed by atoms with van der Waals surface area (Å²) < 4.78 is 62.4. The number of rotatable bonds is 5. The largest absolute Gasteiger partial charge is 0.451 e. The van der Waals surface area contributed by atoms with Crippen LogP contribution in [0.25, 0.3) is 0 Å². The second-order valence-electron chi connectivity index (χ2n) is 4.14. The Balaban J connectivity index is 2.22. The van der Waals surface area contributed by atoms with Crippen molar-refractivity contribution >= 4 is 0 Å². The SMILES string of the molecule is COCCc1ccc(Oc2c(F)c(F)nc(F)c2F)cc1. The Bertz CT molecular complexity index is 606. The average molecular weight is 301 g/mol. The van der Waals surface area contributed by atoms with E-state index in [2.05, 4.69) is 4.98 Å². The third-order valence-corrected chi connectivity index (χ3v) is 2.70. The smallest absolute Gasteiger partial charge is 0.255 e. The fraction of sp³-hybridized carbons (Fsp3) is 0.214. The van der Waals surface area contributed by atoms with Crippen molar-refractivity contribution in [1.82, 2.24) is 4.98 Å². The first-order chi connectivity index (χ1) is 10.0. The number of ether oxygens (including phenoxy) is 2. The third-order valence-electron chi connectivity index (χ3n) is 2.70. The molecule has 0 aliphatic rings. The zero-order valence-corrected chi connectivity index (χ0v) is 11.0. The quantitative estimate of drug-likeness (QED) is 0.624. The van der Waals surface area contributed by atoms with Crippen LogP contribution >= 0.6 is 0 Å². The molecule has 3 nitrogen and oxygen atoms in total.